The van der Waals surface area contributed by atoms with Crippen LogP contribution in [-0.2, 0) is 19.9 Å². The first-order valence-corrected chi connectivity index (χ1v) is 9.90. The molecule has 108 valence electrons. The molecular formula is C10H20ClNO4S2. The zero-order valence-electron chi connectivity index (χ0n) is 10.4. The van der Waals surface area contributed by atoms with Crippen molar-refractivity contribution in [2.75, 3.05) is 18.1 Å². The van der Waals surface area contributed by atoms with Gasteiger partial charge in [-0.1, -0.05) is 13.3 Å². The van der Waals surface area contributed by atoms with Gasteiger partial charge in [-0.15, -0.1) is 11.6 Å². The fraction of sp³-hybridized carbons (Fsp3) is 1.00. The minimum Gasteiger partial charge on any atom is -0.229 e. The van der Waals surface area contributed by atoms with Crippen LogP contribution in [0.5, 0.6) is 0 Å². The van der Waals surface area contributed by atoms with E-state index in [0.717, 1.165) is 12.8 Å². The molecule has 0 saturated carbocycles. The summed E-state index contributed by atoms with van der Waals surface area (Å²) in [6.07, 6.45) is 2.01. The lowest BCUT2D eigenvalue weighted by Gasteiger charge is -2.22. The smallest absolute Gasteiger partial charge is 0.214 e. The number of halogens is 1. The molecule has 1 aliphatic heterocycles. The maximum Gasteiger partial charge on any atom is 0.214 e. The van der Waals surface area contributed by atoms with Gasteiger partial charge in [0.1, 0.15) is 9.84 Å². The van der Waals surface area contributed by atoms with Gasteiger partial charge >= 0.3 is 0 Å². The molecule has 8 heteroatoms. The molecule has 1 aliphatic rings. The maximum absolute atomic E-state index is 11.9. The summed E-state index contributed by atoms with van der Waals surface area (Å²) < 4.78 is 48.8. The van der Waals surface area contributed by atoms with Crippen LogP contribution >= 0.6 is 11.6 Å². The lowest BCUT2D eigenvalue weighted by molar-refractivity contribution is 0.540. The van der Waals surface area contributed by atoms with Gasteiger partial charge in [-0.3, -0.25) is 0 Å². The molecule has 1 heterocycles. The van der Waals surface area contributed by atoms with E-state index in [2.05, 4.69) is 4.72 Å². The minimum atomic E-state index is -3.45. The van der Waals surface area contributed by atoms with Crippen LogP contribution in [0.4, 0.5) is 0 Å². The van der Waals surface area contributed by atoms with Crippen LogP contribution in [0, 0.1) is 0 Å². The van der Waals surface area contributed by atoms with E-state index in [1.165, 1.54) is 0 Å². The van der Waals surface area contributed by atoms with Gasteiger partial charge in [0.05, 0.1) is 16.8 Å². The Morgan fingerprint density at radius 1 is 1.33 bits per heavy atom. The normalized spacial score (nSPS) is 22.8. The van der Waals surface area contributed by atoms with E-state index in [4.69, 9.17) is 11.6 Å². The lowest BCUT2D eigenvalue weighted by Crippen LogP contribution is -2.41. The Hall–Kier alpha value is 0.150. The minimum absolute atomic E-state index is 0.0438. The summed E-state index contributed by atoms with van der Waals surface area (Å²) in [5.74, 6) is -0.0876. The highest BCUT2D eigenvalue weighted by Crippen LogP contribution is 2.18. The summed E-state index contributed by atoms with van der Waals surface area (Å²) in [4.78, 5) is 0. The Morgan fingerprint density at radius 2 is 1.89 bits per heavy atom. The second kappa shape index (κ2) is 6.54. The number of hydrogen-bond donors (Lipinski definition) is 1. The van der Waals surface area contributed by atoms with E-state index in [-0.39, 0.29) is 36.3 Å². The number of alkyl halides is 1. The van der Waals surface area contributed by atoms with Gasteiger partial charge in [-0.25, -0.2) is 21.6 Å². The van der Waals surface area contributed by atoms with Crippen molar-refractivity contribution in [1.82, 2.24) is 4.72 Å². The van der Waals surface area contributed by atoms with Gasteiger partial charge in [-0.05, 0) is 19.3 Å². The summed E-state index contributed by atoms with van der Waals surface area (Å²) >= 11 is 5.95. The molecule has 0 aromatic carbocycles. The highest BCUT2D eigenvalue weighted by Gasteiger charge is 2.32. The first-order chi connectivity index (χ1) is 8.27. The molecule has 18 heavy (non-hydrogen) atoms. The Labute approximate surface area is 114 Å². The summed E-state index contributed by atoms with van der Waals surface area (Å²) in [7, 11) is -6.48. The van der Waals surface area contributed by atoms with Crippen molar-refractivity contribution in [3.05, 3.63) is 0 Å². The van der Waals surface area contributed by atoms with Crippen LogP contribution in [0.3, 0.4) is 0 Å². The fourth-order valence-electron chi connectivity index (χ4n) is 1.92. The average molecular weight is 318 g/mol. The molecule has 1 saturated heterocycles. The molecule has 0 amide bonds. The Bertz CT molecular complexity index is 446. The highest BCUT2D eigenvalue weighted by molar-refractivity contribution is 7.92. The van der Waals surface area contributed by atoms with Gasteiger partial charge in [0.25, 0.3) is 0 Å². The third kappa shape index (κ3) is 5.03. The third-order valence-electron chi connectivity index (χ3n) is 3.05. The van der Waals surface area contributed by atoms with Crippen LogP contribution in [-0.4, -0.2) is 45.5 Å². The van der Waals surface area contributed by atoms with Crippen LogP contribution in [0.15, 0.2) is 0 Å². The molecule has 1 N–H and O–H groups in total. The molecule has 1 rings (SSSR count). The molecule has 0 bridgehead atoms. The van der Waals surface area contributed by atoms with Gasteiger partial charge in [0, 0.05) is 11.9 Å². The monoisotopic (exact) mass is 317 g/mol. The van der Waals surface area contributed by atoms with Crippen LogP contribution < -0.4 is 4.72 Å². The lowest BCUT2D eigenvalue weighted by atomic mass is 10.2. The molecule has 5 nitrogen and oxygen atoms in total. The maximum atomic E-state index is 11.9. The van der Waals surface area contributed by atoms with Gasteiger partial charge in [0.2, 0.25) is 10.0 Å². The molecular weight excluding hydrogens is 298 g/mol. The SMILES string of the molecule is CCCC(Cl)CNS(=O)(=O)C1CCS(=O)(=O)CC1. The first kappa shape index (κ1) is 16.2. The van der Waals surface area contributed by atoms with Crippen molar-refractivity contribution in [3.63, 3.8) is 0 Å². The van der Waals surface area contributed by atoms with Crippen molar-refractivity contribution >= 4 is 31.5 Å². The van der Waals surface area contributed by atoms with E-state index >= 15 is 0 Å². The molecule has 0 spiro atoms. The van der Waals surface area contributed by atoms with Crippen molar-refractivity contribution in [2.24, 2.45) is 0 Å². The number of nitrogens with one attached hydrogen (secondary N) is 1. The Kier molecular flexibility index (Phi) is 5.89. The molecule has 1 fully saturated rings. The zero-order valence-corrected chi connectivity index (χ0v) is 12.8. The summed E-state index contributed by atoms with van der Waals surface area (Å²) in [6.45, 7) is 2.19. The van der Waals surface area contributed by atoms with E-state index < -0.39 is 25.1 Å². The fourth-order valence-corrected chi connectivity index (χ4v) is 5.62. The average Bonchev–Trinajstić information content (AvgIpc) is 2.26. The summed E-state index contributed by atoms with van der Waals surface area (Å²) in [6, 6.07) is 0. The molecule has 1 unspecified atom stereocenters. The van der Waals surface area contributed by atoms with E-state index in [0.29, 0.717) is 0 Å². The predicted octanol–water partition coefficient (Wildman–Crippen LogP) is 0.891. The van der Waals surface area contributed by atoms with Crippen molar-refractivity contribution in [3.8, 4) is 0 Å². The second-order valence-electron chi connectivity index (χ2n) is 4.63. The number of sulfonamides is 1. The third-order valence-corrected chi connectivity index (χ3v) is 7.05. The van der Waals surface area contributed by atoms with E-state index in [1.54, 1.807) is 0 Å². The van der Waals surface area contributed by atoms with Crippen LogP contribution in [0.25, 0.3) is 0 Å². The number of rotatable bonds is 6. The molecule has 0 radical (unpaired) electrons. The Balaban J connectivity index is 2.50. The first-order valence-electron chi connectivity index (χ1n) is 6.10. The molecule has 0 aliphatic carbocycles. The van der Waals surface area contributed by atoms with Crippen molar-refractivity contribution in [2.45, 2.75) is 43.2 Å². The van der Waals surface area contributed by atoms with Crippen molar-refractivity contribution in [1.29, 1.82) is 0 Å². The van der Waals surface area contributed by atoms with Gasteiger partial charge in [0.15, 0.2) is 0 Å². The molecule has 0 aromatic heterocycles. The second-order valence-corrected chi connectivity index (χ2v) is 9.60. The van der Waals surface area contributed by atoms with Crippen molar-refractivity contribution < 1.29 is 16.8 Å². The molecule has 0 aromatic rings. The standard InChI is InChI=1S/C10H20ClNO4S2/c1-2-3-9(11)8-12-18(15,16)10-4-6-17(13,14)7-5-10/h9-10,12H,2-8H2,1H3. The molecule has 1 atom stereocenters. The van der Waals surface area contributed by atoms with Crippen LogP contribution in [0.2, 0.25) is 0 Å². The van der Waals surface area contributed by atoms with E-state index in [1.807, 2.05) is 6.92 Å². The van der Waals surface area contributed by atoms with E-state index in [9.17, 15) is 16.8 Å². The Morgan fingerprint density at radius 3 is 2.39 bits per heavy atom. The summed E-state index contributed by atoms with van der Waals surface area (Å²) in [5.41, 5.74) is 0. The quantitative estimate of drug-likeness (QED) is 0.738. The number of sulfone groups is 1. The highest BCUT2D eigenvalue weighted by atomic mass is 35.5. The van der Waals surface area contributed by atoms with Gasteiger partial charge in [-0.2, -0.15) is 0 Å². The largest absolute Gasteiger partial charge is 0.229 e. The van der Waals surface area contributed by atoms with Gasteiger partial charge < -0.3 is 0 Å². The van der Waals surface area contributed by atoms with Crippen LogP contribution in [0.1, 0.15) is 32.6 Å². The number of hydrogen-bond acceptors (Lipinski definition) is 4. The topological polar surface area (TPSA) is 80.3 Å². The predicted molar refractivity (Wildman–Crippen MR) is 73.1 cm³/mol. The summed E-state index contributed by atoms with van der Waals surface area (Å²) in [5, 5.41) is -0.816. The zero-order chi connectivity index (χ0) is 13.8.